The molecule has 1 aliphatic heterocycles. The summed E-state index contributed by atoms with van der Waals surface area (Å²) in [5, 5.41) is 0.736. The van der Waals surface area contributed by atoms with Crippen LogP contribution in [0.4, 0.5) is 4.39 Å². The van der Waals surface area contributed by atoms with Crippen LogP contribution in [0.5, 0.6) is 11.5 Å². The number of methoxy groups -OCH3 is 1. The molecule has 8 heteroatoms. The Kier molecular flexibility index (Phi) is 3.46. The first kappa shape index (κ1) is 16.7. The van der Waals surface area contributed by atoms with E-state index < -0.39 is 5.95 Å². The van der Waals surface area contributed by atoms with Crippen LogP contribution in [0.15, 0.2) is 35.4 Å². The van der Waals surface area contributed by atoms with Crippen LogP contribution in [0.3, 0.4) is 0 Å². The molecule has 0 fully saturated rings. The highest BCUT2D eigenvalue weighted by Crippen LogP contribution is 2.46. The molecule has 1 aliphatic rings. The molecular formula is C20H17FN4O3. The average molecular weight is 380 g/mol. The van der Waals surface area contributed by atoms with Gasteiger partial charge in [-0.05, 0) is 19.1 Å². The quantitative estimate of drug-likeness (QED) is 0.500. The predicted molar refractivity (Wildman–Crippen MR) is 102 cm³/mol. The Labute approximate surface area is 159 Å². The first-order valence-electron chi connectivity index (χ1n) is 8.86. The third-order valence-electron chi connectivity index (χ3n) is 5.27. The van der Waals surface area contributed by atoms with Crippen LogP contribution in [0.2, 0.25) is 0 Å². The van der Waals surface area contributed by atoms with Gasteiger partial charge in [-0.25, -0.2) is 9.78 Å². The molecule has 0 unspecified atom stereocenters. The van der Waals surface area contributed by atoms with Gasteiger partial charge in [0.25, 0.3) is 0 Å². The molecule has 28 heavy (non-hydrogen) atoms. The van der Waals surface area contributed by atoms with Crippen molar-refractivity contribution < 1.29 is 13.9 Å². The maximum absolute atomic E-state index is 13.4. The summed E-state index contributed by atoms with van der Waals surface area (Å²) in [5.41, 5.74) is 3.36. The minimum absolute atomic E-state index is 0.117. The largest absolute Gasteiger partial charge is 0.496 e. The van der Waals surface area contributed by atoms with Crippen LogP contribution in [0.25, 0.3) is 33.1 Å². The number of pyridine rings is 2. The first-order chi connectivity index (χ1) is 13.5. The van der Waals surface area contributed by atoms with E-state index >= 15 is 0 Å². The monoisotopic (exact) mass is 380 g/mol. The number of hydrogen-bond acceptors (Lipinski definition) is 5. The zero-order chi connectivity index (χ0) is 19.6. The van der Waals surface area contributed by atoms with Crippen molar-refractivity contribution in [3.8, 4) is 22.6 Å². The van der Waals surface area contributed by atoms with E-state index in [1.54, 1.807) is 41.6 Å². The number of rotatable bonds is 2. The van der Waals surface area contributed by atoms with Gasteiger partial charge in [0.15, 0.2) is 0 Å². The summed E-state index contributed by atoms with van der Waals surface area (Å²) in [6.07, 6.45) is 3.13. The molecule has 7 nitrogen and oxygen atoms in total. The van der Waals surface area contributed by atoms with Crippen molar-refractivity contribution in [3.05, 3.63) is 47.0 Å². The Hall–Kier alpha value is -3.42. The normalized spacial score (nSPS) is 15.8. The zero-order valence-corrected chi connectivity index (χ0v) is 15.6. The smallest absolute Gasteiger partial charge is 0.329 e. The van der Waals surface area contributed by atoms with E-state index in [9.17, 15) is 9.18 Å². The highest BCUT2D eigenvalue weighted by atomic mass is 19.1. The number of nitrogens with zero attached hydrogens (tertiary/aromatic N) is 4. The van der Waals surface area contributed by atoms with E-state index in [2.05, 4.69) is 9.97 Å². The van der Waals surface area contributed by atoms with Crippen LogP contribution in [0.1, 0.15) is 13.0 Å². The Morgan fingerprint density at radius 1 is 1.29 bits per heavy atom. The molecule has 0 bridgehead atoms. The molecular weight excluding hydrogens is 363 g/mol. The lowest BCUT2D eigenvalue weighted by molar-refractivity contribution is 0.267. The van der Waals surface area contributed by atoms with Gasteiger partial charge in [0, 0.05) is 24.9 Å². The van der Waals surface area contributed by atoms with E-state index in [0.29, 0.717) is 34.7 Å². The Balaban J connectivity index is 2.00. The van der Waals surface area contributed by atoms with Gasteiger partial charge in [-0.1, -0.05) is 0 Å². The van der Waals surface area contributed by atoms with Crippen LogP contribution in [-0.2, 0) is 7.05 Å². The molecule has 4 heterocycles. The van der Waals surface area contributed by atoms with Crippen LogP contribution >= 0.6 is 0 Å². The third kappa shape index (κ3) is 2.11. The molecule has 0 N–H and O–H groups in total. The summed E-state index contributed by atoms with van der Waals surface area (Å²) in [4.78, 5) is 21.1. The maximum atomic E-state index is 13.4. The fourth-order valence-electron chi connectivity index (χ4n) is 3.91. The molecule has 0 spiro atoms. The Morgan fingerprint density at radius 3 is 2.82 bits per heavy atom. The van der Waals surface area contributed by atoms with Crippen LogP contribution in [-0.4, -0.2) is 32.8 Å². The summed E-state index contributed by atoms with van der Waals surface area (Å²) in [6, 6.07) is 4.56. The second-order valence-electron chi connectivity index (χ2n) is 6.91. The standard InChI is InChI=1S/C20H17FN4O3/c1-10-9-28-19-16(11-4-5-15(21)23-7-11)14(27-3)6-12-17(19)18-13(8-22-12)24(2)20(26)25(10)18/h4-8,10H,9H2,1-3H3/t10-/m1/s1. The number of aryl methyl sites for hydroxylation is 1. The van der Waals surface area contributed by atoms with Crippen molar-refractivity contribution in [1.82, 2.24) is 19.1 Å². The van der Waals surface area contributed by atoms with E-state index in [4.69, 9.17) is 9.47 Å². The number of benzene rings is 1. The SMILES string of the molecule is COc1cc2ncc3c4c2c(c1-c1ccc(F)nc1)OC[C@@H](C)n4c(=O)n3C. The van der Waals surface area contributed by atoms with Gasteiger partial charge in [0.2, 0.25) is 5.95 Å². The topological polar surface area (TPSA) is 71.2 Å². The highest BCUT2D eigenvalue weighted by molar-refractivity contribution is 6.10. The molecule has 5 rings (SSSR count). The lowest BCUT2D eigenvalue weighted by Gasteiger charge is -2.17. The van der Waals surface area contributed by atoms with Gasteiger partial charge in [-0.15, -0.1) is 0 Å². The van der Waals surface area contributed by atoms with Crippen molar-refractivity contribution in [1.29, 1.82) is 0 Å². The lowest BCUT2D eigenvalue weighted by atomic mass is 10.0. The van der Waals surface area contributed by atoms with Crippen molar-refractivity contribution in [2.24, 2.45) is 7.05 Å². The molecule has 0 radical (unpaired) electrons. The van der Waals surface area contributed by atoms with E-state index in [1.165, 1.54) is 12.3 Å². The van der Waals surface area contributed by atoms with Gasteiger partial charge < -0.3 is 9.47 Å². The number of imidazole rings is 1. The molecule has 3 aromatic heterocycles. The third-order valence-corrected chi connectivity index (χ3v) is 5.27. The molecule has 142 valence electrons. The summed E-state index contributed by atoms with van der Waals surface area (Å²) in [6.45, 7) is 2.24. The summed E-state index contributed by atoms with van der Waals surface area (Å²) < 4.78 is 28.5. The predicted octanol–water partition coefficient (Wildman–Crippen LogP) is 3.05. The Morgan fingerprint density at radius 2 is 2.11 bits per heavy atom. The molecule has 1 aromatic carbocycles. The van der Waals surface area contributed by atoms with Crippen molar-refractivity contribution in [2.45, 2.75) is 13.0 Å². The second-order valence-corrected chi connectivity index (χ2v) is 6.91. The molecule has 0 saturated carbocycles. The van der Waals surface area contributed by atoms with Crippen LogP contribution in [0, 0.1) is 5.95 Å². The zero-order valence-electron chi connectivity index (χ0n) is 15.6. The fourth-order valence-corrected chi connectivity index (χ4v) is 3.91. The maximum Gasteiger partial charge on any atom is 0.329 e. The van der Waals surface area contributed by atoms with Gasteiger partial charge >= 0.3 is 5.69 Å². The molecule has 0 aliphatic carbocycles. The van der Waals surface area contributed by atoms with Crippen LogP contribution < -0.4 is 15.2 Å². The minimum atomic E-state index is -0.565. The van der Waals surface area contributed by atoms with Gasteiger partial charge in [-0.3, -0.25) is 14.1 Å². The summed E-state index contributed by atoms with van der Waals surface area (Å²) >= 11 is 0. The average Bonchev–Trinajstić information content (AvgIpc) is 2.85. The van der Waals surface area contributed by atoms with Crippen molar-refractivity contribution >= 4 is 21.9 Å². The molecule has 4 aromatic rings. The van der Waals surface area contributed by atoms with Crippen molar-refractivity contribution in [2.75, 3.05) is 13.7 Å². The fraction of sp³-hybridized carbons (Fsp3) is 0.250. The molecule has 0 amide bonds. The van der Waals surface area contributed by atoms with Gasteiger partial charge in [0.1, 0.15) is 18.1 Å². The van der Waals surface area contributed by atoms with E-state index in [-0.39, 0.29) is 11.7 Å². The van der Waals surface area contributed by atoms with Crippen molar-refractivity contribution in [3.63, 3.8) is 0 Å². The number of aromatic nitrogens is 4. The number of ether oxygens (including phenoxy) is 2. The second kappa shape index (κ2) is 5.79. The van der Waals surface area contributed by atoms with Gasteiger partial charge in [-0.2, -0.15) is 4.39 Å². The highest BCUT2D eigenvalue weighted by Gasteiger charge is 2.28. The number of halogens is 1. The van der Waals surface area contributed by atoms with E-state index in [1.807, 2.05) is 6.92 Å². The first-order valence-corrected chi connectivity index (χ1v) is 8.86. The van der Waals surface area contributed by atoms with Gasteiger partial charge in [0.05, 0.1) is 46.8 Å². The van der Waals surface area contributed by atoms with E-state index in [0.717, 1.165) is 16.4 Å². The lowest BCUT2D eigenvalue weighted by Crippen LogP contribution is -2.27. The number of hydrogen-bond donors (Lipinski definition) is 0. The summed E-state index contributed by atoms with van der Waals surface area (Å²) in [7, 11) is 3.29. The minimum Gasteiger partial charge on any atom is -0.496 e. The summed E-state index contributed by atoms with van der Waals surface area (Å²) in [5.74, 6) is 0.538. The molecule has 0 saturated heterocycles. The Bertz CT molecular complexity index is 1310. The molecule has 1 atom stereocenters.